The molecule has 0 unspecified atom stereocenters. The number of nitrogens with zero attached hydrogens (tertiary/aromatic N) is 1. The normalized spacial score (nSPS) is 17.2. The molecule has 104 valence electrons. The fourth-order valence-corrected chi connectivity index (χ4v) is 2.09. The molecule has 0 bridgehead atoms. The number of hydrogen-bond acceptors (Lipinski definition) is 3. The predicted molar refractivity (Wildman–Crippen MR) is 64.6 cm³/mol. The van der Waals surface area contributed by atoms with Crippen LogP contribution < -0.4 is 5.32 Å². The molecule has 1 fully saturated rings. The van der Waals surface area contributed by atoms with Crippen molar-refractivity contribution in [2.75, 3.05) is 32.7 Å². The van der Waals surface area contributed by atoms with Crippen molar-refractivity contribution in [2.45, 2.75) is 6.42 Å². The van der Waals surface area contributed by atoms with E-state index in [4.69, 9.17) is 0 Å². The summed E-state index contributed by atoms with van der Waals surface area (Å²) in [6, 6.07) is 1.77. The van der Waals surface area contributed by atoms with Gasteiger partial charge in [-0.05, 0) is 31.6 Å². The Balaban J connectivity index is 2.09. The number of rotatable bonds is 3. The topological polar surface area (TPSA) is 32.3 Å². The van der Waals surface area contributed by atoms with Crippen LogP contribution in [0.5, 0.6) is 0 Å². The highest BCUT2D eigenvalue weighted by Gasteiger charge is 2.21. The lowest BCUT2D eigenvalue weighted by Gasteiger charge is -2.18. The monoisotopic (exact) mass is 272 g/mol. The molecular weight excluding hydrogens is 257 g/mol. The standard InChI is InChI=1S/C13H15F3N2O/c14-10-3-2-9(12(15)13(10)16)11(19)8-18-6-1-4-17-5-7-18/h2-3,17H,1,4-8H2. The first kappa shape index (κ1) is 14.0. The quantitative estimate of drug-likeness (QED) is 0.670. The smallest absolute Gasteiger partial charge is 0.195 e. The summed E-state index contributed by atoms with van der Waals surface area (Å²) in [5, 5.41) is 3.18. The molecule has 1 aromatic rings. The van der Waals surface area contributed by atoms with E-state index in [1.807, 2.05) is 4.90 Å². The lowest BCUT2D eigenvalue weighted by atomic mass is 10.1. The van der Waals surface area contributed by atoms with E-state index in [0.717, 1.165) is 38.2 Å². The van der Waals surface area contributed by atoms with Gasteiger partial charge in [-0.2, -0.15) is 0 Å². The van der Waals surface area contributed by atoms with Crippen molar-refractivity contribution in [1.29, 1.82) is 0 Å². The van der Waals surface area contributed by atoms with E-state index in [-0.39, 0.29) is 6.54 Å². The fourth-order valence-electron chi connectivity index (χ4n) is 2.09. The molecule has 0 aromatic heterocycles. The molecular formula is C13H15F3N2O. The molecule has 2 rings (SSSR count). The first-order valence-electron chi connectivity index (χ1n) is 6.19. The Kier molecular flexibility index (Phi) is 4.55. The van der Waals surface area contributed by atoms with Gasteiger partial charge in [-0.3, -0.25) is 9.69 Å². The molecule has 0 aliphatic carbocycles. The predicted octanol–water partition coefficient (Wildman–Crippen LogP) is 1.58. The van der Waals surface area contributed by atoms with Crippen LogP contribution in [0.25, 0.3) is 0 Å². The molecule has 1 aliphatic heterocycles. The van der Waals surface area contributed by atoms with Crippen molar-refractivity contribution >= 4 is 5.78 Å². The highest BCUT2D eigenvalue weighted by molar-refractivity contribution is 5.97. The highest BCUT2D eigenvalue weighted by Crippen LogP contribution is 2.16. The Morgan fingerprint density at radius 2 is 1.95 bits per heavy atom. The lowest BCUT2D eigenvalue weighted by Crippen LogP contribution is -2.33. The van der Waals surface area contributed by atoms with Gasteiger partial charge in [0, 0.05) is 13.1 Å². The van der Waals surface area contributed by atoms with Crippen LogP contribution in [0.1, 0.15) is 16.8 Å². The Bertz CT molecular complexity index is 471. The molecule has 0 atom stereocenters. The number of benzene rings is 1. The zero-order chi connectivity index (χ0) is 13.8. The van der Waals surface area contributed by atoms with Gasteiger partial charge >= 0.3 is 0 Å². The minimum absolute atomic E-state index is 0.0175. The second-order valence-corrected chi connectivity index (χ2v) is 4.53. The SMILES string of the molecule is O=C(CN1CCCNCC1)c1ccc(F)c(F)c1F. The summed E-state index contributed by atoms with van der Waals surface area (Å²) in [6.45, 7) is 3.06. The maximum atomic E-state index is 13.5. The number of hydrogen-bond donors (Lipinski definition) is 1. The molecule has 0 amide bonds. The van der Waals surface area contributed by atoms with Crippen LogP contribution in [-0.2, 0) is 0 Å². The largest absolute Gasteiger partial charge is 0.315 e. The van der Waals surface area contributed by atoms with Crippen LogP contribution in [-0.4, -0.2) is 43.4 Å². The van der Waals surface area contributed by atoms with Gasteiger partial charge in [-0.15, -0.1) is 0 Å². The highest BCUT2D eigenvalue weighted by atomic mass is 19.2. The third-order valence-electron chi connectivity index (χ3n) is 3.14. The molecule has 6 heteroatoms. The van der Waals surface area contributed by atoms with E-state index < -0.39 is 28.8 Å². The van der Waals surface area contributed by atoms with E-state index >= 15 is 0 Å². The zero-order valence-electron chi connectivity index (χ0n) is 10.4. The third-order valence-corrected chi connectivity index (χ3v) is 3.14. The van der Waals surface area contributed by atoms with Crippen LogP contribution in [0.15, 0.2) is 12.1 Å². The molecule has 1 N–H and O–H groups in total. The minimum Gasteiger partial charge on any atom is -0.315 e. The van der Waals surface area contributed by atoms with E-state index in [1.165, 1.54) is 0 Å². The zero-order valence-corrected chi connectivity index (χ0v) is 10.4. The maximum Gasteiger partial charge on any atom is 0.195 e. The van der Waals surface area contributed by atoms with Crippen molar-refractivity contribution < 1.29 is 18.0 Å². The summed E-state index contributed by atoms with van der Waals surface area (Å²) < 4.78 is 39.3. The average molecular weight is 272 g/mol. The summed E-state index contributed by atoms with van der Waals surface area (Å²) in [4.78, 5) is 13.8. The second-order valence-electron chi connectivity index (χ2n) is 4.53. The van der Waals surface area contributed by atoms with Gasteiger partial charge in [0.1, 0.15) is 0 Å². The molecule has 0 spiro atoms. The van der Waals surface area contributed by atoms with Gasteiger partial charge in [-0.1, -0.05) is 0 Å². The summed E-state index contributed by atoms with van der Waals surface area (Å²) in [6.07, 6.45) is 0.896. The van der Waals surface area contributed by atoms with Crippen LogP contribution in [0, 0.1) is 17.5 Å². The number of halogens is 3. The number of carbonyl (C=O) groups is 1. The fraction of sp³-hybridized carbons (Fsp3) is 0.462. The molecule has 3 nitrogen and oxygen atoms in total. The summed E-state index contributed by atoms with van der Waals surface area (Å²) >= 11 is 0. The summed E-state index contributed by atoms with van der Waals surface area (Å²) in [7, 11) is 0. The molecule has 1 heterocycles. The third kappa shape index (κ3) is 3.33. The average Bonchev–Trinajstić information content (AvgIpc) is 2.64. The van der Waals surface area contributed by atoms with E-state index in [0.29, 0.717) is 6.54 Å². The van der Waals surface area contributed by atoms with Crippen molar-refractivity contribution in [3.8, 4) is 0 Å². The van der Waals surface area contributed by atoms with Gasteiger partial charge in [0.25, 0.3) is 0 Å². The van der Waals surface area contributed by atoms with Gasteiger partial charge in [0.15, 0.2) is 23.2 Å². The van der Waals surface area contributed by atoms with E-state index in [1.54, 1.807) is 0 Å². The van der Waals surface area contributed by atoms with Gasteiger partial charge in [0.2, 0.25) is 0 Å². The van der Waals surface area contributed by atoms with Gasteiger partial charge in [0.05, 0.1) is 12.1 Å². The number of ketones is 1. The van der Waals surface area contributed by atoms with Crippen molar-refractivity contribution in [2.24, 2.45) is 0 Å². The van der Waals surface area contributed by atoms with Crippen LogP contribution in [0.3, 0.4) is 0 Å². The molecule has 19 heavy (non-hydrogen) atoms. The van der Waals surface area contributed by atoms with Crippen molar-refractivity contribution in [3.05, 3.63) is 35.1 Å². The van der Waals surface area contributed by atoms with Crippen LogP contribution in [0.4, 0.5) is 13.2 Å². The van der Waals surface area contributed by atoms with Crippen LogP contribution in [0.2, 0.25) is 0 Å². The number of Topliss-reactive ketones (excluding diaryl/α,β-unsaturated/α-hetero) is 1. The lowest BCUT2D eigenvalue weighted by molar-refractivity contribution is 0.0930. The summed E-state index contributed by atoms with van der Waals surface area (Å²) in [5.41, 5.74) is -0.392. The first-order valence-corrected chi connectivity index (χ1v) is 6.19. The van der Waals surface area contributed by atoms with Crippen LogP contribution >= 0.6 is 0 Å². The second kappa shape index (κ2) is 6.16. The Morgan fingerprint density at radius 3 is 2.74 bits per heavy atom. The molecule has 0 radical (unpaired) electrons. The molecule has 1 aromatic carbocycles. The Labute approximate surface area is 109 Å². The van der Waals surface area contributed by atoms with Gasteiger partial charge in [-0.25, -0.2) is 13.2 Å². The molecule has 1 aliphatic rings. The Hall–Kier alpha value is -1.40. The molecule has 0 saturated carbocycles. The van der Waals surface area contributed by atoms with Gasteiger partial charge < -0.3 is 5.32 Å². The maximum absolute atomic E-state index is 13.5. The first-order chi connectivity index (χ1) is 9.09. The van der Waals surface area contributed by atoms with E-state index in [9.17, 15) is 18.0 Å². The number of nitrogens with one attached hydrogen (secondary N) is 1. The minimum atomic E-state index is -1.59. The van der Waals surface area contributed by atoms with E-state index in [2.05, 4.69) is 5.32 Å². The van der Waals surface area contributed by atoms with Crippen molar-refractivity contribution in [3.63, 3.8) is 0 Å². The number of carbonyl (C=O) groups excluding carboxylic acids is 1. The molecule has 1 saturated heterocycles. The Morgan fingerprint density at radius 1 is 1.16 bits per heavy atom. The van der Waals surface area contributed by atoms with Crippen molar-refractivity contribution in [1.82, 2.24) is 10.2 Å². The summed E-state index contributed by atoms with van der Waals surface area (Å²) in [5.74, 6) is -4.81.